The van der Waals surface area contributed by atoms with Crippen molar-refractivity contribution in [1.29, 1.82) is 0 Å². The second-order valence-electron chi connectivity index (χ2n) is 6.89. The van der Waals surface area contributed by atoms with Gasteiger partial charge < -0.3 is 0 Å². The molecule has 0 saturated heterocycles. The highest BCUT2D eigenvalue weighted by Gasteiger charge is 2.51. The van der Waals surface area contributed by atoms with E-state index < -0.39 is 0 Å². The lowest BCUT2D eigenvalue weighted by Crippen LogP contribution is -2.10. The summed E-state index contributed by atoms with van der Waals surface area (Å²) in [5, 5.41) is 8.79. The summed E-state index contributed by atoms with van der Waals surface area (Å²) in [6.07, 6.45) is 6.36. The first kappa shape index (κ1) is 13.1. The monoisotopic (exact) mass is 261 g/mol. The number of aromatic nitrogens is 3. The molecule has 0 N–H and O–H groups in total. The highest BCUT2D eigenvalue weighted by molar-refractivity contribution is 5.16. The van der Waals surface area contributed by atoms with Crippen LogP contribution in [-0.4, -0.2) is 15.0 Å². The Morgan fingerprint density at radius 3 is 2.47 bits per heavy atom. The van der Waals surface area contributed by atoms with Crippen LogP contribution in [0.5, 0.6) is 0 Å². The number of rotatable bonds is 3. The van der Waals surface area contributed by atoms with Gasteiger partial charge in [-0.2, -0.15) is 0 Å². The van der Waals surface area contributed by atoms with Crippen LogP contribution in [-0.2, 0) is 12.8 Å². The predicted octanol–water partition coefficient (Wildman–Crippen LogP) is 3.65. The minimum absolute atomic E-state index is 0.441. The van der Waals surface area contributed by atoms with Gasteiger partial charge in [0.15, 0.2) is 0 Å². The third-order valence-corrected chi connectivity index (χ3v) is 5.49. The van der Waals surface area contributed by atoms with Crippen molar-refractivity contribution in [3.63, 3.8) is 0 Å². The zero-order valence-electron chi connectivity index (χ0n) is 12.8. The average Bonchev–Trinajstić information content (AvgIpc) is 2.89. The van der Waals surface area contributed by atoms with Crippen molar-refractivity contribution < 1.29 is 0 Å². The van der Waals surface area contributed by atoms with Gasteiger partial charge in [-0.05, 0) is 63.2 Å². The molecule has 1 aromatic heterocycles. The number of aryl methyl sites for hydroxylation is 1. The third-order valence-electron chi connectivity index (χ3n) is 5.49. The van der Waals surface area contributed by atoms with Crippen LogP contribution in [0.1, 0.15) is 64.4 Å². The zero-order chi connectivity index (χ0) is 13.6. The normalized spacial score (nSPS) is 31.3. The molecule has 1 fully saturated rings. The van der Waals surface area contributed by atoms with E-state index in [0.29, 0.717) is 6.04 Å². The van der Waals surface area contributed by atoms with Crippen molar-refractivity contribution >= 4 is 0 Å². The molecule has 2 aliphatic carbocycles. The summed E-state index contributed by atoms with van der Waals surface area (Å²) in [5.41, 5.74) is 2.70. The van der Waals surface area contributed by atoms with Crippen LogP contribution < -0.4 is 0 Å². The van der Waals surface area contributed by atoms with Gasteiger partial charge in [-0.25, -0.2) is 4.68 Å². The van der Waals surface area contributed by atoms with Crippen LogP contribution in [0.2, 0.25) is 0 Å². The fraction of sp³-hybridized carbons (Fsp3) is 0.875. The van der Waals surface area contributed by atoms with Gasteiger partial charge in [-0.3, -0.25) is 0 Å². The van der Waals surface area contributed by atoms with Crippen molar-refractivity contribution in [3.05, 3.63) is 11.4 Å². The highest BCUT2D eigenvalue weighted by atomic mass is 15.4. The Bertz CT molecular complexity index is 449. The number of hydrogen-bond acceptors (Lipinski definition) is 2. The van der Waals surface area contributed by atoms with Crippen LogP contribution in [0.15, 0.2) is 0 Å². The Labute approximate surface area is 116 Å². The fourth-order valence-electron chi connectivity index (χ4n) is 4.22. The van der Waals surface area contributed by atoms with Crippen LogP contribution in [0, 0.1) is 23.7 Å². The molecule has 3 heteroatoms. The summed E-state index contributed by atoms with van der Waals surface area (Å²) in [5.74, 6) is 3.87. The first-order valence-electron chi connectivity index (χ1n) is 8.06. The van der Waals surface area contributed by atoms with Crippen molar-refractivity contribution in [2.75, 3.05) is 0 Å². The first-order valence-corrected chi connectivity index (χ1v) is 8.06. The maximum absolute atomic E-state index is 4.44. The highest BCUT2D eigenvalue weighted by Crippen LogP contribution is 2.57. The van der Waals surface area contributed by atoms with Gasteiger partial charge >= 0.3 is 0 Å². The number of hydrogen-bond donors (Lipinski definition) is 0. The quantitative estimate of drug-likeness (QED) is 0.831. The molecule has 1 saturated carbocycles. The molecule has 0 aliphatic heterocycles. The van der Waals surface area contributed by atoms with E-state index in [4.69, 9.17) is 0 Å². The minimum atomic E-state index is 0.441. The molecule has 3 rings (SSSR count). The Balaban J connectivity index is 1.75. The zero-order valence-corrected chi connectivity index (χ0v) is 12.8. The van der Waals surface area contributed by atoms with Gasteiger partial charge in [0.2, 0.25) is 0 Å². The summed E-state index contributed by atoms with van der Waals surface area (Å²) in [6.45, 7) is 9.19. The topological polar surface area (TPSA) is 30.7 Å². The lowest BCUT2D eigenvalue weighted by Gasteiger charge is -2.12. The SMILES string of the molecule is CCC(C)C1C2CCc3nnn(C(C)C)c3CCC21. The minimum Gasteiger partial charge on any atom is -0.247 e. The summed E-state index contributed by atoms with van der Waals surface area (Å²) >= 11 is 0. The Morgan fingerprint density at radius 2 is 1.84 bits per heavy atom. The molecule has 0 bridgehead atoms. The Hall–Kier alpha value is -0.860. The molecule has 1 aromatic rings. The van der Waals surface area contributed by atoms with Crippen LogP contribution in [0.25, 0.3) is 0 Å². The second-order valence-corrected chi connectivity index (χ2v) is 6.89. The molecule has 106 valence electrons. The van der Waals surface area contributed by atoms with E-state index in [0.717, 1.165) is 30.1 Å². The Kier molecular flexibility index (Phi) is 3.40. The number of fused-ring (bicyclic) bond motifs is 2. The van der Waals surface area contributed by atoms with Crippen LogP contribution in [0.3, 0.4) is 0 Å². The Morgan fingerprint density at radius 1 is 1.16 bits per heavy atom. The molecule has 0 aromatic carbocycles. The predicted molar refractivity (Wildman–Crippen MR) is 77.0 cm³/mol. The second kappa shape index (κ2) is 4.92. The molecule has 2 aliphatic rings. The van der Waals surface area contributed by atoms with E-state index in [-0.39, 0.29) is 0 Å². The molecular weight excluding hydrogens is 234 g/mol. The molecule has 19 heavy (non-hydrogen) atoms. The molecule has 4 unspecified atom stereocenters. The summed E-state index contributed by atoms with van der Waals surface area (Å²) in [7, 11) is 0. The molecule has 4 atom stereocenters. The molecule has 3 nitrogen and oxygen atoms in total. The van der Waals surface area contributed by atoms with Gasteiger partial charge in [0, 0.05) is 6.04 Å². The van der Waals surface area contributed by atoms with Gasteiger partial charge in [0.25, 0.3) is 0 Å². The molecule has 0 radical (unpaired) electrons. The van der Waals surface area contributed by atoms with Crippen molar-refractivity contribution in [3.8, 4) is 0 Å². The number of nitrogens with zero attached hydrogens (tertiary/aromatic N) is 3. The van der Waals surface area contributed by atoms with Crippen molar-refractivity contribution in [2.24, 2.45) is 23.7 Å². The summed E-state index contributed by atoms with van der Waals surface area (Å²) < 4.78 is 2.15. The molecule has 1 heterocycles. The molecule has 0 spiro atoms. The maximum Gasteiger partial charge on any atom is 0.0859 e. The van der Waals surface area contributed by atoms with E-state index in [1.165, 1.54) is 37.1 Å². The summed E-state index contributed by atoms with van der Waals surface area (Å²) in [4.78, 5) is 0. The third kappa shape index (κ3) is 2.21. The standard InChI is InChI=1S/C16H27N3/c1-5-11(4)16-12-6-8-14-15(9-7-13(12)16)19(10(2)3)18-17-14/h10-13,16H,5-9H2,1-4H3. The lowest BCUT2D eigenvalue weighted by atomic mass is 9.99. The van der Waals surface area contributed by atoms with Crippen LogP contribution >= 0.6 is 0 Å². The average molecular weight is 261 g/mol. The van der Waals surface area contributed by atoms with E-state index in [2.05, 4.69) is 42.7 Å². The van der Waals surface area contributed by atoms with Gasteiger partial charge in [-0.1, -0.05) is 25.5 Å². The van der Waals surface area contributed by atoms with Gasteiger partial charge in [0.1, 0.15) is 0 Å². The van der Waals surface area contributed by atoms with Gasteiger partial charge in [-0.15, -0.1) is 5.10 Å². The van der Waals surface area contributed by atoms with E-state index in [1.54, 1.807) is 0 Å². The fourth-order valence-corrected chi connectivity index (χ4v) is 4.22. The lowest BCUT2D eigenvalue weighted by molar-refractivity contribution is 0.435. The largest absolute Gasteiger partial charge is 0.247 e. The summed E-state index contributed by atoms with van der Waals surface area (Å²) in [6, 6.07) is 0.441. The molecule has 0 amide bonds. The molecular formula is C16H27N3. The smallest absolute Gasteiger partial charge is 0.0859 e. The van der Waals surface area contributed by atoms with Crippen molar-refractivity contribution in [1.82, 2.24) is 15.0 Å². The van der Waals surface area contributed by atoms with Crippen LogP contribution in [0.4, 0.5) is 0 Å². The first-order chi connectivity index (χ1) is 9.13. The van der Waals surface area contributed by atoms with E-state index in [9.17, 15) is 0 Å². The van der Waals surface area contributed by atoms with E-state index >= 15 is 0 Å². The van der Waals surface area contributed by atoms with E-state index in [1.807, 2.05) is 0 Å². The van der Waals surface area contributed by atoms with Gasteiger partial charge in [0.05, 0.1) is 11.4 Å². The van der Waals surface area contributed by atoms with Crippen molar-refractivity contribution in [2.45, 2.75) is 65.8 Å². The maximum atomic E-state index is 4.44.